The average molecular weight is 508 g/mol. The Morgan fingerprint density at radius 2 is 1.42 bits per heavy atom. The number of hydrogen-bond donors (Lipinski definition) is 2. The van der Waals surface area contributed by atoms with Crippen molar-refractivity contribution in [2.45, 2.75) is 92.7 Å². The highest BCUT2D eigenvalue weighted by atomic mass is 16.6. The van der Waals surface area contributed by atoms with Crippen LogP contribution in [-0.2, 0) is 23.9 Å². The fourth-order valence-electron chi connectivity index (χ4n) is 3.10. The Labute approximate surface area is 213 Å². The highest BCUT2D eigenvalue weighted by molar-refractivity contribution is 5.79. The lowest BCUT2D eigenvalue weighted by Crippen LogP contribution is -2.39. The second-order valence-corrected chi connectivity index (χ2v) is 10.3. The molecule has 9 heteroatoms. The molecular formula is C27H41NO8. The van der Waals surface area contributed by atoms with Crippen LogP contribution in [0.2, 0.25) is 0 Å². The van der Waals surface area contributed by atoms with Gasteiger partial charge in [0, 0.05) is 5.92 Å². The van der Waals surface area contributed by atoms with Gasteiger partial charge in [0.05, 0.1) is 23.4 Å². The van der Waals surface area contributed by atoms with Crippen LogP contribution in [0, 0.1) is 17.3 Å². The maximum Gasteiger partial charge on any atom is 0.321 e. The standard InChI is InChI=1S/C27H41NO8/c1-9-15(3)24(31)35-20-12-11-18(14-21(20)36-25(32)16(4)10-2)19(22(28)23(29)30)13-17(5)34-26(33)27(6,7)8/h11-12,14-17,19,22H,9-10,13,28H2,1-8H3,(H,29,30)/t15?,16?,17?,19?,22-/m0/s1. The van der Waals surface area contributed by atoms with Crippen molar-refractivity contribution in [3.8, 4) is 11.5 Å². The predicted molar refractivity (Wildman–Crippen MR) is 135 cm³/mol. The third kappa shape index (κ3) is 8.93. The van der Waals surface area contributed by atoms with Crippen molar-refractivity contribution in [1.82, 2.24) is 0 Å². The molecule has 0 saturated carbocycles. The Bertz CT molecular complexity index is 936. The van der Waals surface area contributed by atoms with Crippen LogP contribution in [0.1, 0.15) is 86.1 Å². The van der Waals surface area contributed by atoms with Crippen LogP contribution in [0.4, 0.5) is 0 Å². The van der Waals surface area contributed by atoms with E-state index in [1.807, 2.05) is 13.8 Å². The highest BCUT2D eigenvalue weighted by Gasteiger charge is 2.32. The van der Waals surface area contributed by atoms with E-state index in [4.69, 9.17) is 19.9 Å². The molecule has 0 aromatic heterocycles. The first-order valence-corrected chi connectivity index (χ1v) is 12.4. The quantitative estimate of drug-likeness (QED) is 0.310. The Morgan fingerprint density at radius 1 is 0.917 bits per heavy atom. The van der Waals surface area contributed by atoms with Crippen molar-refractivity contribution in [2.75, 3.05) is 0 Å². The zero-order valence-corrected chi connectivity index (χ0v) is 22.6. The molecule has 36 heavy (non-hydrogen) atoms. The van der Waals surface area contributed by atoms with Gasteiger partial charge in [-0.2, -0.15) is 0 Å². The highest BCUT2D eigenvalue weighted by Crippen LogP contribution is 2.36. The summed E-state index contributed by atoms with van der Waals surface area (Å²) in [7, 11) is 0. The first-order chi connectivity index (χ1) is 16.6. The topological polar surface area (TPSA) is 142 Å². The van der Waals surface area contributed by atoms with E-state index < -0.39 is 53.3 Å². The van der Waals surface area contributed by atoms with E-state index in [2.05, 4.69) is 0 Å². The predicted octanol–water partition coefficient (Wildman–Crippen LogP) is 4.45. The van der Waals surface area contributed by atoms with Crippen LogP contribution in [0.15, 0.2) is 18.2 Å². The van der Waals surface area contributed by atoms with Gasteiger partial charge in [-0.25, -0.2) is 0 Å². The summed E-state index contributed by atoms with van der Waals surface area (Å²) in [5.41, 5.74) is 5.74. The Balaban J connectivity index is 3.42. The van der Waals surface area contributed by atoms with Crippen LogP contribution in [0.5, 0.6) is 11.5 Å². The van der Waals surface area contributed by atoms with Crippen molar-refractivity contribution < 1.29 is 38.5 Å². The van der Waals surface area contributed by atoms with Crippen LogP contribution < -0.4 is 15.2 Å². The van der Waals surface area contributed by atoms with E-state index in [0.717, 1.165) is 0 Å². The van der Waals surface area contributed by atoms with Gasteiger partial charge in [-0.3, -0.25) is 19.2 Å². The molecule has 3 N–H and O–H groups in total. The minimum Gasteiger partial charge on any atom is -0.480 e. The van der Waals surface area contributed by atoms with Gasteiger partial charge in [0.1, 0.15) is 6.04 Å². The van der Waals surface area contributed by atoms with Gasteiger partial charge in [-0.05, 0) is 64.7 Å². The zero-order chi connectivity index (χ0) is 27.8. The molecule has 0 bridgehead atoms. The normalized spacial score (nSPS) is 15.7. The summed E-state index contributed by atoms with van der Waals surface area (Å²) in [5, 5.41) is 9.63. The third-order valence-corrected chi connectivity index (χ3v) is 6.07. The molecule has 0 amide bonds. The second kappa shape index (κ2) is 13.4. The van der Waals surface area contributed by atoms with E-state index in [1.54, 1.807) is 47.6 Å². The molecular weight excluding hydrogens is 466 g/mol. The molecule has 0 aliphatic carbocycles. The summed E-state index contributed by atoms with van der Waals surface area (Å²) in [6, 6.07) is 3.17. The first kappa shape index (κ1) is 31.1. The van der Waals surface area contributed by atoms with Crippen molar-refractivity contribution in [2.24, 2.45) is 23.0 Å². The van der Waals surface area contributed by atoms with Gasteiger partial charge >= 0.3 is 23.9 Å². The number of benzene rings is 1. The minimum atomic E-state index is -1.33. The van der Waals surface area contributed by atoms with E-state index in [0.29, 0.717) is 18.4 Å². The number of carbonyl (C=O) groups is 4. The molecule has 1 rings (SSSR count). The SMILES string of the molecule is CCC(C)C(=O)Oc1ccc(C(CC(C)OC(=O)C(C)(C)C)[C@H](N)C(=O)O)cc1OC(=O)C(C)CC. The first-order valence-electron chi connectivity index (χ1n) is 12.4. The van der Waals surface area contributed by atoms with Gasteiger partial charge < -0.3 is 25.1 Å². The van der Waals surface area contributed by atoms with Gasteiger partial charge in [-0.1, -0.05) is 33.8 Å². The fourth-order valence-corrected chi connectivity index (χ4v) is 3.10. The summed E-state index contributed by atoms with van der Waals surface area (Å²) in [4.78, 5) is 49.1. The largest absolute Gasteiger partial charge is 0.480 e. The summed E-state index contributed by atoms with van der Waals surface area (Å²) >= 11 is 0. The van der Waals surface area contributed by atoms with E-state index in [-0.39, 0.29) is 23.8 Å². The van der Waals surface area contributed by atoms with Crippen molar-refractivity contribution in [1.29, 1.82) is 0 Å². The maximum absolute atomic E-state index is 12.5. The number of nitrogens with two attached hydrogens (primary N) is 1. The van der Waals surface area contributed by atoms with Crippen LogP contribution in [0.25, 0.3) is 0 Å². The van der Waals surface area contributed by atoms with Crippen LogP contribution in [0.3, 0.4) is 0 Å². The number of carbonyl (C=O) groups excluding carboxylic acids is 3. The Kier molecular flexibility index (Phi) is 11.6. The molecule has 0 aliphatic heterocycles. The second-order valence-electron chi connectivity index (χ2n) is 10.3. The number of carboxylic acid groups (broad SMARTS) is 1. The lowest BCUT2D eigenvalue weighted by molar-refractivity contribution is -0.158. The van der Waals surface area contributed by atoms with E-state index in [9.17, 15) is 24.3 Å². The van der Waals surface area contributed by atoms with E-state index >= 15 is 0 Å². The van der Waals surface area contributed by atoms with Crippen molar-refractivity contribution in [3.05, 3.63) is 23.8 Å². The molecule has 0 aliphatic rings. The Hall–Kier alpha value is -2.94. The molecule has 1 aromatic carbocycles. The van der Waals surface area contributed by atoms with Gasteiger partial charge in [-0.15, -0.1) is 0 Å². The molecule has 0 saturated heterocycles. The number of esters is 3. The molecule has 0 fully saturated rings. The lowest BCUT2D eigenvalue weighted by atomic mass is 9.86. The van der Waals surface area contributed by atoms with Crippen molar-refractivity contribution in [3.63, 3.8) is 0 Å². The summed E-state index contributed by atoms with van der Waals surface area (Å²) < 4.78 is 16.6. The molecule has 1 aromatic rings. The molecule has 9 nitrogen and oxygen atoms in total. The van der Waals surface area contributed by atoms with Gasteiger partial charge in [0.2, 0.25) is 0 Å². The van der Waals surface area contributed by atoms with Gasteiger partial charge in [0.15, 0.2) is 11.5 Å². The molecule has 4 unspecified atom stereocenters. The molecule has 0 radical (unpaired) electrons. The summed E-state index contributed by atoms with van der Waals surface area (Å²) in [6.07, 6.45) is 0.588. The van der Waals surface area contributed by atoms with Crippen LogP contribution in [-0.4, -0.2) is 41.1 Å². The Morgan fingerprint density at radius 3 is 1.86 bits per heavy atom. The zero-order valence-electron chi connectivity index (χ0n) is 22.6. The number of aliphatic carboxylic acids is 1. The average Bonchev–Trinajstić information content (AvgIpc) is 2.81. The molecule has 5 atom stereocenters. The van der Waals surface area contributed by atoms with Crippen molar-refractivity contribution >= 4 is 23.9 Å². The number of hydrogen-bond acceptors (Lipinski definition) is 8. The minimum absolute atomic E-state index is 0.00335. The third-order valence-electron chi connectivity index (χ3n) is 6.07. The summed E-state index contributed by atoms with van der Waals surface area (Å²) in [5.74, 6) is -4.16. The summed E-state index contributed by atoms with van der Waals surface area (Å²) in [6.45, 7) is 14.0. The molecule has 202 valence electrons. The number of rotatable bonds is 12. The molecule has 0 heterocycles. The van der Waals surface area contributed by atoms with E-state index in [1.165, 1.54) is 12.1 Å². The lowest BCUT2D eigenvalue weighted by Gasteiger charge is -2.27. The monoisotopic (exact) mass is 507 g/mol. The van der Waals surface area contributed by atoms with Crippen LogP contribution >= 0.6 is 0 Å². The smallest absolute Gasteiger partial charge is 0.321 e. The maximum atomic E-state index is 12.5. The number of carboxylic acids is 1. The van der Waals surface area contributed by atoms with Gasteiger partial charge in [0.25, 0.3) is 0 Å². The fraction of sp³-hybridized carbons (Fsp3) is 0.630. The number of ether oxygens (including phenoxy) is 3. The molecule has 0 spiro atoms.